The molecule has 0 N–H and O–H groups in total. The van der Waals surface area contributed by atoms with Gasteiger partial charge in [-0.2, -0.15) is 0 Å². The molecule has 4 nitrogen and oxygen atoms in total. The van der Waals surface area contributed by atoms with Crippen molar-refractivity contribution >= 4 is 44.2 Å². The first-order valence-corrected chi connectivity index (χ1v) is 9.42. The van der Waals surface area contributed by atoms with Gasteiger partial charge in [-0.1, -0.05) is 35.1 Å². The summed E-state index contributed by atoms with van der Waals surface area (Å²) in [6.07, 6.45) is 0.785. The summed E-state index contributed by atoms with van der Waals surface area (Å²) in [4.78, 5) is 21.3. The number of thiazole rings is 1. The first kappa shape index (κ1) is 18.8. The Balaban J connectivity index is 1.96. The van der Waals surface area contributed by atoms with Crippen molar-refractivity contribution in [3.05, 3.63) is 58.9 Å². The molecule has 0 saturated heterocycles. The third kappa shape index (κ3) is 4.20. The summed E-state index contributed by atoms with van der Waals surface area (Å²) < 4.78 is 14.2. The normalized spacial score (nSPS) is 11.3. The monoisotopic (exact) mass is 391 g/mol. The highest BCUT2D eigenvalue weighted by molar-refractivity contribution is 7.22. The van der Waals surface area contributed by atoms with E-state index < -0.39 is 0 Å². The molecular weight excluding hydrogens is 373 g/mol. The Hall–Kier alpha value is -2.02. The average Bonchev–Trinajstić information content (AvgIpc) is 3.01. The lowest BCUT2D eigenvalue weighted by Crippen LogP contribution is -2.33. The molecule has 26 heavy (non-hydrogen) atoms. The second kappa shape index (κ2) is 8.12. The fourth-order valence-electron chi connectivity index (χ4n) is 2.61. The van der Waals surface area contributed by atoms with Crippen molar-refractivity contribution in [2.45, 2.75) is 6.42 Å². The van der Waals surface area contributed by atoms with Crippen LogP contribution < -0.4 is 4.90 Å². The van der Waals surface area contributed by atoms with Gasteiger partial charge in [-0.15, -0.1) is 0 Å². The van der Waals surface area contributed by atoms with E-state index in [2.05, 4.69) is 9.88 Å². The quantitative estimate of drug-likeness (QED) is 0.611. The molecule has 0 aliphatic carbocycles. The number of nitrogens with zero attached hydrogens (tertiary/aromatic N) is 3. The van der Waals surface area contributed by atoms with Gasteiger partial charge >= 0.3 is 0 Å². The molecule has 0 bridgehead atoms. The van der Waals surface area contributed by atoms with Crippen LogP contribution in [0.1, 0.15) is 16.8 Å². The summed E-state index contributed by atoms with van der Waals surface area (Å²) >= 11 is 7.52. The molecule has 1 aromatic heterocycles. The number of hydrogen-bond acceptors (Lipinski definition) is 4. The fourth-order valence-corrected chi connectivity index (χ4v) is 3.84. The van der Waals surface area contributed by atoms with E-state index in [1.807, 2.05) is 14.1 Å². The highest BCUT2D eigenvalue weighted by Gasteiger charge is 2.23. The van der Waals surface area contributed by atoms with E-state index in [1.54, 1.807) is 35.2 Å². The van der Waals surface area contributed by atoms with Gasteiger partial charge in [0.1, 0.15) is 5.82 Å². The van der Waals surface area contributed by atoms with E-state index in [0.29, 0.717) is 32.5 Å². The zero-order valence-electron chi connectivity index (χ0n) is 14.6. The van der Waals surface area contributed by atoms with Crippen LogP contribution in [-0.4, -0.2) is 43.0 Å². The van der Waals surface area contributed by atoms with Gasteiger partial charge in [0.15, 0.2) is 5.13 Å². The standard InChI is InChI=1S/C19H19ClFN3OS/c1-23(2)10-5-11-24(18(25)14-6-3-4-7-15(14)20)19-22-16-9-8-13(21)12-17(16)26-19/h3-4,6-9,12H,5,10-11H2,1-2H3. The molecule has 0 saturated carbocycles. The predicted octanol–water partition coefficient (Wildman–Crippen LogP) is 4.69. The molecule has 0 radical (unpaired) electrons. The van der Waals surface area contributed by atoms with Gasteiger partial charge < -0.3 is 4.90 Å². The van der Waals surface area contributed by atoms with Crippen molar-refractivity contribution in [3.8, 4) is 0 Å². The Morgan fingerprint density at radius 2 is 1.96 bits per heavy atom. The first-order valence-electron chi connectivity index (χ1n) is 8.23. The second-order valence-corrected chi connectivity index (χ2v) is 7.62. The summed E-state index contributed by atoms with van der Waals surface area (Å²) in [6, 6.07) is 11.4. The molecule has 1 heterocycles. The number of halogens is 2. The Labute approximate surface area is 160 Å². The molecule has 3 rings (SSSR count). The van der Waals surface area contributed by atoms with Crippen LogP contribution in [0.4, 0.5) is 9.52 Å². The molecule has 3 aromatic rings. The molecule has 0 unspecified atom stereocenters. The van der Waals surface area contributed by atoms with Crippen LogP contribution in [0, 0.1) is 5.82 Å². The maximum absolute atomic E-state index is 13.5. The van der Waals surface area contributed by atoms with Crippen LogP contribution in [-0.2, 0) is 0 Å². The minimum absolute atomic E-state index is 0.200. The number of anilines is 1. The number of carbonyl (C=O) groups excluding carboxylic acids is 1. The Kier molecular flexibility index (Phi) is 5.86. The smallest absolute Gasteiger partial charge is 0.261 e. The molecule has 2 aromatic carbocycles. The number of fused-ring (bicyclic) bond motifs is 1. The summed E-state index contributed by atoms with van der Waals surface area (Å²) in [5.41, 5.74) is 1.11. The minimum Gasteiger partial charge on any atom is -0.309 e. The number of rotatable bonds is 6. The van der Waals surface area contributed by atoms with E-state index in [1.165, 1.54) is 23.5 Å². The van der Waals surface area contributed by atoms with Gasteiger partial charge in [-0.25, -0.2) is 9.37 Å². The summed E-state index contributed by atoms with van der Waals surface area (Å²) in [5.74, 6) is -0.516. The summed E-state index contributed by atoms with van der Waals surface area (Å²) in [7, 11) is 3.97. The molecule has 0 fully saturated rings. The van der Waals surface area contributed by atoms with Gasteiger partial charge in [-0.05, 0) is 57.4 Å². The second-order valence-electron chi connectivity index (χ2n) is 6.20. The maximum atomic E-state index is 13.5. The molecule has 7 heteroatoms. The number of hydrogen-bond donors (Lipinski definition) is 0. The van der Waals surface area contributed by atoms with Crippen LogP contribution >= 0.6 is 22.9 Å². The van der Waals surface area contributed by atoms with Crippen LogP contribution in [0.5, 0.6) is 0 Å². The molecule has 0 aliphatic heterocycles. The lowest BCUT2D eigenvalue weighted by atomic mass is 10.2. The molecular formula is C19H19ClFN3OS. The summed E-state index contributed by atoms with van der Waals surface area (Å²) in [5, 5.41) is 0.955. The topological polar surface area (TPSA) is 36.4 Å². The maximum Gasteiger partial charge on any atom is 0.261 e. The largest absolute Gasteiger partial charge is 0.309 e. The van der Waals surface area contributed by atoms with Crippen molar-refractivity contribution in [1.82, 2.24) is 9.88 Å². The highest BCUT2D eigenvalue weighted by atomic mass is 35.5. The zero-order chi connectivity index (χ0) is 18.7. The number of carbonyl (C=O) groups is 1. The van der Waals surface area contributed by atoms with Crippen molar-refractivity contribution < 1.29 is 9.18 Å². The van der Waals surface area contributed by atoms with E-state index in [0.717, 1.165) is 13.0 Å². The average molecular weight is 392 g/mol. The van der Waals surface area contributed by atoms with E-state index in [-0.39, 0.29) is 11.7 Å². The molecule has 0 spiro atoms. The predicted molar refractivity (Wildman–Crippen MR) is 106 cm³/mol. The first-order chi connectivity index (χ1) is 12.5. The number of amides is 1. The third-order valence-electron chi connectivity index (χ3n) is 3.91. The van der Waals surface area contributed by atoms with Crippen LogP contribution in [0.15, 0.2) is 42.5 Å². The highest BCUT2D eigenvalue weighted by Crippen LogP contribution is 2.31. The molecule has 0 atom stereocenters. The Bertz CT molecular complexity index is 928. The van der Waals surface area contributed by atoms with Gasteiger partial charge in [0.25, 0.3) is 5.91 Å². The number of aromatic nitrogens is 1. The minimum atomic E-state index is -0.315. The summed E-state index contributed by atoms with van der Waals surface area (Å²) in [6.45, 7) is 1.34. The SMILES string of the molecule is CN(C)CCCN(C(=O)c1ccccc1Cl)c1nc2ccc(F)cc2s1. The van der Waals surface area contributed by atoms with Crippen LogP contribution in [0.2, 0.25) is 5.02 Å². The van der Waals surface area contributed by atoms with Crippen LogP contribution in [0.3, 0.4) is 0 Å². The van der Waals surface area contributed by atoms with E-state index >= 15 is 0 Å². The Morgan fingerprint density at radius 1 is 1.19 bits per heavy atom. The van der Waals surface area contributed by atoms with Gasteiger partial charge in [0.05, 0.1) is 20.8 Å². The fraction of sp³-hybridized carbons (Fsp3) is 0.263. The Morgan fingerprint density at radius 3 is 2.69 bits per heavy atom. The lowest BCUT2D eigenvalue weighted by Gasteiger charge is -2.21. The van der Waals surface area contributed by atoms with Gasteiger partial charge in [-0.3, -0.25) is 9.69 Å². The molecule has 136 valence electrons. The van der Waals surface area contributed by atoms with Crippen LogP contribution in [0.25, 0.3) is 10.2 Å². The van der Waals surface area contributed by atoms with Crippen molar-refractivity contribution in [1.29, 1.82) is 0 Å². The van der Waals surface area contributed by atoms with Gasteiger partial charge in [0.2, 0.25) is 0 Å². The van der Waals surface area contributed by atoms with E-state index in [4.69, 9.17) is 11.6 Å². The molecule has 1 amide bonds. The zero-order valence-corrected chi connectivity index (χ0v) is 16.1. The van der Waals surface area contributed by atoms with Crippen molar-refractivity contribution in [2.24, 2.45) is 0 Å². The van der Waals surface area contributed by atoms with Gasteiger partial charge in [0, 0.05) is 6.54 Å². The molecule has 0 aliphatic rings. The number of benzene rings is 2. The third-order valence-corrected chi connectivity index (χ3v) is 5.28. The van der Waals surface area contributed by atoms with Crippen molar-refractivity contribution in [3.63, 3.8) is 0 Å². The van der Waals surface area contributed by atoms with Crippen molar-refractivity contribution in [2.75, 3.05) is 32.1 Å². The van der Waals surface area contributed by atoms with E-state index in [9.17, 15) is 9.18 Å². The lowest BCUT2D eigenvalue weighted by molar-refractivity contribution is 0.0986.